The number of amides is 1. The van der Waals surface area contributed by atoms with Crippen LogP contribution >= 0.6 is 23.2 Å². The van der Waals surface area contributed by atoms with Gasteiger partial charge in [0.1, 0.15) is 0 Å². The highest BCUT2D eigenvalue weighted by Crippen LogP contribution is 2.38. The second kappa shape index (κ2) is 21.3. The lowest BCUT2D eigenvalue weighted by Crippen LogP contribution is -2.52. The number of alkyl halides is 12. The molecule has 2 aromatic rings. The highest BCUT2D eigenvalue weighted by molar-refractivity contribution is 6.33. The number of halogens is 14. The quantitative estimate of drug-likeness (QED) is 0.268. The fraction of sp³-hybridized carbons (Fsp3) is 0.649. The fourth-order valence-corrected chi connectivity index (χ4v) is 7.71. The molecule has 4 fully saturated rings. The van der Waals surface area contributed by atoms with Gasteiger partial charge in [-0.3, -0.25) is 9.80 Å². The molecule has 4 heterocycles. The number of aliphatic hydroxyl groups is 1. The molecule has 2 N–H and O–H groups in total. The second-order valence-corrected chi connectivity index (χ2v) is 15.3. The Hall–Kier alpha value is -3.11. The molecule has 4 aliphatic rings. The SMILES string of the molecule is Clc1cccc(CN2CCNCC2)c1N1CCCC1.O=C(OC(C(F)(F)F)C(F)(F)F)N1CCN(Cc2cccc(Cl)c2N2CCCC2)CC1.OC(C(F)(F)F)C(F)(F)F. The molecule has 9 nitrogen and oxygen atoms in total. The van der Waals surface area contributed by atoms with Crippen molar-refractivity contribution in [3.8, 4) is 0 Å². The van der Waals surface area contributed by atoms with Crippen LogP contribution in [0.2, 0.25) is 10.0 Å². The van der Waals surface area contributed by atoms with Crippen LogP contribution in [0.5, 0.6) is 0 Å². The zero-order chi connectivity index (χ0) is 44.5. The molecule has 4 aliphatic heterocycles. The molecule has 0 atom stereocenters. The lowest BCUT2D eigenvalue weighted by Gasteiger charge is -2.36. The van der Waals surface area contributed by atoms with Crippen LogP contribution in [0.4, 0.5) is 68.9 Å². The average molecular weight is 922 g/mol. The number of rotatable bonds is 7. The first-order valence-electron chi connectivity index (χ1n) is 19.1. The highest BCUT2D eigenvalue weighted by atomic mass is 35.5. The van der Waals surface area contributed by atoms with Gasteiger partial charge in [0, 0.05) is 91.6 Å². The second-order valence-electron chi connectivity index (χ2n) is 14.5. The van der Waals surface area contributed by atoms with Crippen molar-refractivity contribution in [2.75, 3.05) is 88.3 Å². The standard InChI is InChI=1S/C19H22ClF6N3O2.C15H22ClN3.C3H2F6O/c20-14-5-3-4-13(15(14)28-6-1-2-7-28)12-27-8-10-29(11-9-27)17(30)31-16(18(21,22)23)19(24,25)26;16-14-5-3-4-13(12-18-10-6-17-7-11-18)15(14)19-8-1-2-9-19;4-2(5,6)1(10)3(7,8)9/h3-5,16H,1-2,6-12H2;3-5,17H,1-2,6-12H2;1,10H. The van der Waals surface area contributed by atoms with Crippen LogP contribution in [0.3, 0.4) is 0 Å². The van der Waals surface area contributed by atoms with Crippen LogP contribution in [-0.2, 0) is 17.8 Å². The molecule has 4 saturated heterocycles. The number of para-hydroxylation sites is 2. The van der Waals surface area contributed by atoms with E-state index in [9.17, 15) is 57.5 Å². The average Bonchev–Trinajstić information content (AvgIpc) is 3.89. The van der Waals surface area contributed by atoms with Gasteiger partial charge in [-0.25, -0.2) is 4.79 Å². The van der Waals surface area contributed by atoms with Gasteiger partial charge < -0.3 is 29.9 Å². The van der Waals surface area contributed by atoms with Crippen LogP contribution in [0, 0.1) is 0 Å². The Balaban J connectivity index is 0.000000231. The molecule has 0 aromatic heterocycles. The van der Waals surface area contributed by atoms with Gasteiger partial charge in [-0.05, 0) is 48.9 Å². The molecule has 0 aliphatic carbocycles. The molecule has 0 bridgehead atoms. The number of hydrogen-bond acceptors (Lipinski definition) is 8. The largest absolute Gasteiger partial charge is 0.434 e. The minimum Gasteiger partial charge on any atom is -0.426 e. The van der Waals surface area contributed by atoms with Crippen LogP contribution in [0.1, 0.15) is 36.8 Å². The summed E-state index contributed by atoms with van der Waals surface area (Å²) in [5.41, 5.74) is 4.60. The number of piperazine rings is 2. The third kappa shape index (κ3) is 14.5. The van der Waals surface area contributed by atoms with Crippen molar-refractivity contribution >= 4 is 40.7 Å². The molecular formula is C37H46Cl2F12N6O3. The summed E-state index contributed by atoms with van der Waals surface area (Å²) in [4.78, 5) is 21.9. The van der Waals surface area contributed by atoms with Crippen molar-refractivity contribution < 1.29 is 67.3 Å². The van der Waals surface area contributed by atoms with Gasteiger partial charge in [0.15, 0.2) is 0 Å². The van der Waals surface area contributed by atoms with E-state index in [1.165, 1.54) is 24.1 Å². The molecule has 6 rings (SSSR count). The van der Waals surface area contributed by atoms with E-state index in [1.54, 1.807) is 0 Å². The number of ether oxygens (including phenoxy) is 1. The number of anilines is 2. The minimum atomic E-state index is -5.73. The smallest absolute Gasteiger partial charge is 0.426 e. The van der Waals surface area contributed by atoms with Gasteiger partial charge in [-0.15, -0.1) is 0 Å². The van der Waals surface area contributed by atoms with Crippen LogP contribution in [0.25, 0.3) is 0 Å². The first kappa shape index (κ1) is 49.5. The molecule has 0 saturated carbocycles. The number of nitrogens with one attached hydrogen (secondary N) is 1. The normalized spacial score (nSPS) is 18.7. The number of nitrogens with zero attached hydrogens (tertiary/aromatic N) is 5. The van der Waals surface area contributed by atoms with Crippen LogP contribution in [-0.4, -0.2) is 141 Å². The third-order valence-corrected chi connectivity index (χ3v) is 10.7. The van der Waals surface area contributed by atoms with Crippen molar-refractivity contribution in [2.45, 2.75) is 75.7 Å². The Kier molecular flexibility index (Phi) is 17.6. The van der Waals surface area contributed by atoms with Crippen molar-refractivity contribution in [3.63, 3.8) is 0 Å². The Bertz CT molecular complexity index is 1630. The predicted octanol–water partition coefficient (Wildman–Crippen LogP) is 8.50. The van der Waals surface area contributed by atoms with E-state index in [4.69, 9.17) is 28.3 Å². The third-order valence-electron chi connectivity index (χ3n) is 10.0. The molecule has 0 spiro atoms. The fourth-order valence-electron chi connectivity index (χ4n) is 7.08. The maximum absolute atomic E-state index is 12.6. The van der Waals surface area contributed by atoms with E-state index < -0.39 is 43.0 Å². The van der Waals surface area contributed by atoms with Crippen molar-refractivity contribution in [1.82, 2.24) is 20.0 Å². The number of aliphatic hydroxyl groups excluding tert-OH is 1. The van der Waals surface area contributed by atoms with Gasteiger partial charge in [-0.1, -0.05) is 47.5 Å². The van der Waals surface area contributed by atoms with E-state index in [0.29, 0.717) is 11.6 Å². The summed E-state index contributed by atoms with van der Waals surface area (Å²) in [6, 6.07) is 11.9. The molecule has 60 heavy (non-hydrogen) atoms. The first-order chi connectivity index (χ1) is 28.0. The molecular weight excluding hydrogens is 875 g/mol. The maximum Gasteiger partial charge on any atom is 0.434 e. The molecule has 0 unspecified atom stereocenters. The Labute approximate surface area is 349 Å². The van der Waals surface area contributed by atoms with Gasteiger partial charge in [0.25, 0.3) is 6.10 Å². The topological polar surface area (TPSA) is 74.8 Å². The number of carbonyl (C=O) groups is 1. The van der Waals surface area contributed by atoms with Gasteiger partial charge in [0.2, 0.25) is 6.10 Å². The van der Waals surface area contributed by atoms with Gasteiger partial charge >= 0.3 is 30.8 Å². The zero-order valence-electron chi connectivity index (χ0n) is 32.1. The summed E-state index contributed by atoms with van der Waals surface area (Å²) in [6.07, 6.45) is -28.0. The Morgan fingerprint density at radius 2 is 0.983 bits per heavy atom. The van der Waals surface area contributed by atoms with E-state index >= 15 is 0 Å². The van der Waals surface area contributed by atoms with E-state index in [1.807, 2.05) is 29.2 Å². The summed E-state index contributed by atoms with van der Waals surface area (Å²) in [6.45, 7) is 10.6. The summed E-state index contributed by atoms with van der Waals surface area (Å²) in [7, 11) is 0. The summed E-state index contributed by atoms with van der Waals surface area (Å²) >= 11 is 12.9. The number of carbonyl (C=O) groups excluding carboxylic acids is 1. The monoisotopic (exact) mass is 920 g/mol. The lowest BCUT2D eigenvalue weighted by atomic mass is 10.1. The molecule has 0 radical (unpaired) electrons. The molecule has 2 aromatic carbocycles. The van der Waals surface area contributed by atoms with Crippen LogP contribution < -0.4 is 15.1 Å². The zero-order valence-corrected chi connectivity index (χ0v) is 33.6. The number of hydrogen-bond donors (Lipinski definition) is 2. The van der Waals surface area contributed by atoms with Gasteiger partial charge in [0.05, 0.1) is 21.4 Å². The molecule has 340 valence electrons. The Morgan fingerprint density at radius 3 is 1.33 bits per heavy atom. The van der Waals surface area contributed by atoms with Crippen molar-refractivity contribution in [2.24, 2.45) is 0 Å². The van der Waals surface area contributed by atoms with Crippen LogP contribution in [0.15, 0.2) is 36.4 Å². The van der Waals surface area contributed by atoms with E-state index in [2.05, 4.69) is 36.9 Å². The lowest BCUT2D eigenvalue weighted by molar-refractivity contribution is -0.309. The maximum atomic E-state index is 12.6. The summed E-state index contributed by atoms with van der Waals surface area (Å²) < 4.78 is 145. The molecule has 1 amide bonds. The minimum absolute atomic E-state index is 0.0408. The summed E-state index contributed by atoms with van der Waals surface area (Å²) in [5, 5.41) is 12.4. The molecule has 23 heteroatoms. The van der Waals surface area contributed by atoms with E-state index in [-0.39, 0.29) is 26.2 Å². The number of benzene rings is 2. The van der Waals surface area contributed by atoms with E-state index in [0.717, 1.165) is 92.9 Å². The first-order valence-corrected chi connectivity index (χ1v) is 19.8. The van der Waals surface area contributed by atoms with Gasteiger partial charge in [-0.2, -0.15) is 52.7 Å². The summed E-state index contributed by atoms with van der Waals surface area (Å²) in [5.74, 6) is 0. The predicted molar refractivity (Wildman–Crippen MR) is 201 cm³/mol. The highest BCUT2D eigenvalue weighted by Gasteiger charge is 2.60. The Morgan fingerprint density at radius 1 is 0.600 bits per heavy atom. The van der Waals surface area contributed by atoms with Crippen molar-refractivity contribution in [3.05, 3.63) is 57.6 Å². The van der Waals surface area contributed by atoms with Crippen molar-refractivity contribution in [1.29, 1.82) is 0 Å².